The van der Waals surface area contributed by atoms with Crippen molar-refractivity contribution in [3.8, 4) is 5.69 Å². The molecule has 5 heteroatoms. The lowest BCUT2D eigenvalue weighted by Crippen LogP contribution is -2.26. The molecule has 1 heterocycles. The van der Waals surface area contributed by atoms with Crippen molar-refractivity contribution in [1.82, 2.24) is 14.3 Å². The average Bonchev–Trinajstić information content (AvgIpc) is 3.04. The molecular formula is C20H34N4O. The first kappa shape index (κ1) is 21.0. The van der Waals surface area contributed by atoms with Crippen LogP contribution in [0.2, 0.25) is 0 Å². The van der Waals surface area contributed by atoms with Crippen LogP contribution in [0.5, 0.6) is 0 Å². The van der Waals surface area contributed by atoms with Crippen LogP contribution in [0.1, 0.15) is 66.8 Å². The summed E-state index contributed by atoms with van der Waals surface area (Å²) in [5.41, 5.74) is 1.99. The van der Waals surface area contributed by atoms with Crippen molar-refractivity contribution in [2.75, 3.05) is 18.0 Å². The Bertz CT molecular complexity index is 651. The molecule has 25 heavy (non-hydrogen) atoms. The molecule has 1 aromatic carbocycles. The molecule has 1 aromatic heterocycles. The standard InChI is InChI=1S/C18H28N4O.C2H6/c1-5-12-20(13-6-2)16-8-10-17(11-9-16)21-14-19-22(18(21)23)15(4)7-3;1-2/h8-11,14-15H,5-7,12-13H2,1-4H3;1-2H3. The molecule has 2 aromatic rings. The molecule has 0 spiro atoms. The Balaban J connectivity index is 0.00000151. The van der Waals surface area contributed by atoms with E-state index < -0.39 is 0 Å². The van der Waals surface area contributed by atoms with Crippen LogP contribution in [0, 0.1) is 0 Å². The number of hydrogen-bond acceptors (Lipinski definition) is 3. The second-order valence-corrected chi connectivity index (χ2v) is 5.99. The van der Waals surface area contributed by atoms with Gasteiger partial charge in [0.25, 0.3) is 0 Å². The fraction of sp³-hybridized carbons (Fsp3) is 0.600. The van der Waals surface area contributed by atoms with Crippen molar-refractivity contribution in [3.05, 3.63) is 41.1 Å². The Kier molecular flexibility index (Phi) is 9.03. The zero-order valence-electron chi connectivity index (χ0n) is 16.7. The van der Waals surface area contributed by atoms with Crippen LogP contribution in [0.15, 0.2) is 35.4 Å². The van der Waals surface area contributed by atoms with Gasteiger partial charge in [0, 0.05) is 18.8 Å². The van der Waals surface area contributed by atoms with Gasteiger partial charge in [-0.15, -0.1) is 0 Å². The van der Waals surface area contributed by atoms with Crippen LogP contribution in [-0.4, -0.2) is 27.4 Å². The molecule has 1 unspecified atom stereocenters. The van der Waals surface area contributed by atoms with Gasteiger partial charge >= 0.3 is 5.69 Å². The normalized spacial score (nSPS) is 11.6. The fourth-order valence-electron chi connectivity index (χ4n) is 2.70. The SMILES string of the molecule is CC.CCCN(CCC)c1ccc(-n2cnn(C(C)CC)c2=O)cc1. The van der Waals surface area contributed by atoms with Crippen molar-refractivity contribution in [3.63, 3.8) is 0 Å². The Morgan fingerprint density at radius 1 is 1.04 bits per heavy atom. The van der Waals surface area contributed by atoms with Gasteiger partial charge in [0.1, 0.15) is 6.33 Å². The second-order valence-electron chi connectivity index (χ2n) is 5.99. The molecule has 0 N–H and O–H groups in total. The predicted molar refractivity (Wildman–Crippen MR) is 107 cm³/mol. The van der Waals surface area contributed by atoms with E-state index in [1.165, 1.54) is 5.69 Å². The van der Waals surface area contributed by atoms with E-state index in [2.05, 4.69) is 42.9 Å². The smallest absolute Gasteiger partial charge is 0.350 e. The van der Waals surface area contributed by atoms with Gasteiger partial charge in [-0.3, -0.25) is 0 Å². The van der Waals surface area contributed by atoms with Gasteiger partial charge in [0.05, 0.1) is 11.7 Å². The summed E-state index contributed by atoms with van der Waals surface area (Å²) >= 11 is 0. The van der Waals surface area contributed by atoms with E-state index in [-0.39, 0.29) is 11.7 Å². The Labute approximate surface area is 152 Å². The quantitative estimate of drug-likeness (QED) is 0.698. The summed E-state index contributed by atoms with van der Waals surface area (Å²) in [6.45, 7) is 14.6. The van der Waals surface area contributed by atoms with Gasteiger partial charge in [-0.05, 0) is 50.5 Å². The summed E-state index contributed by atoms with van der Waals surface area (Å²) < 4.78 is 3.16. The second kappa shape index (κ2) is 10.7. The summed E-state index contributed by atoms with van der Waals surface area (Å²) in [5.74, 6) is 0. The van der Waals surface area contributed by atoms with Gasteiger partial charge in [0.2, 0.25) is 0 Å². The zero-order chi connectivity index (χ0) is 18.8. The number of nitrogens with zero attached hydrogens (tertiary/aromatic N) is 4. The van der Waals surface area contributed by atoms with E-state index in [9.17, 15) is 4.79 Å². The third-order valence-electron chi connectivity index (χ3n) is 4.18. The summed E-state index contributed by atoms with van der Waals surface area (Å²) in [6.07, 6.45) is 4.75. The molecule has 1 atom stereocenters. The van der Waals surface area contributed by atoms with Crippen LogP contribution in [0.25, 0.3) is 5.69 Å². The predicted octanol–water partition coefficient (Wildman–Crippen LogP) is 4.66. The molecule has 0 aliphatic rings. The van der Waals surface area contributed by atoms with E-state index in [4.69, 9.17) is 0 Å². The van der Waals surface area contributed by atoms with Crippen LogP contribution >= 0.6 is 0 Å². The summed E-state index contributed by atoms with van der Waals surface area (Å²) in [6, 6.07) is 8.30. The number of rotatable bonds is 8. The van der Waals surface area contributed by atoms with Crippen LogP contribution < -0.4 is 10.6 Å². The molecular weight excluding hydrogens is 312 g/mol. The van der Waals surface area contributed by atoms with Crippen molar-refractivity contribution in [2.24, 2.45) is 0 Å². The maximum absolute atomic E-state index is 12.4. The van der Waals surface area contributed by atoms with Gasteiger partial charge in [-0.25, -0.2) is 14.0 Å². The largest absolute Gasteiger partial charge is 0.372 e. The summed E-state index contributed by atoms with van der Waals surface area (Å²) in [5, 5.41) is 4.24. The Morgan fingerprint density at radius 2 is 1.60 bits per heavy atom. The lowest BCUT2D eigenvalue weighted by atomic mass is 10.2. The number of aromatic nitrogens is 3. The van der Waals surface area contributed by atoms with Crippen molar-refractivity contribution in [1.29, 1.82) is 0 Å². The van der Waals surface area contributed by atoms with E-state index in [1.54, 1.807) is 15.6 Å². The molecule has 0 fully saturated rings. The highest BCUT2D eigenvalue weighted by Crippen LogP contribution is 2.18. The summed E-state index contributed by atoms with van der Waals surface area (Å²) in [7, 11) is 0. The van der Waals surface area contributed by atoms with Crippen LogP contribution in [0.4, 0.5) is 5.69 Å². The molecule has 2 rings (SSSR count). The first-order chi connectivity index (χ1) is 12.1. The van der Waals surface area contributed by atoms with E-state index >= 15 is 0 Å². The van der Waals surface area contributed by atoms with Crippen molar-refractivity contribution in [2.45, 2.75) is 66.8 Å². The third kappa shape index (κ3) is 5.21. The first-order valence-corrected chi connectivity index (χ1v) is 9.63. The molecule has 0 radical (unpaired) electrons. The highest BCUT2D eigenvalue weighted by atomic mass is 16.2. The van der Waals surface area contributed by atoms with Crippen LogP contribution in [-0.2, 0) is 0 Å². The first-order valence-electron chi connectivity index (χ1n) is 9.63. The molecule has 0 saturated heterocycles. The molecule has 0 amide bonds. The Hall–Kier alpha value is -2.04. The minimum atomic E-state index is -0.0777. The third-order valence-corrected chi connectivity index (χ3v) is 4.18. The average molecular weight is 347 g/mol. The topological polar surface area (TPSA) is 43.1 Å². The van der Waals surface area contributed by atoms with Crippen molar-refractivity contribution >= 4 is 5.69 Å². The van der Waals surface area contributed by atoms with Gasteiger partial charge in [-0.2, -0.15) is 5.10 Å². The highest BCUT2D eigenvalue weighted by molar-refractivity contribution is 5.50. The Morgan fingerprint density at radius 3 is 2.08 bits per heavy atom. The van der Waals surface area contributed by atoms with Crippen LogP contribution in [0.3, 0.4) is 0 Å². The maximum atomic E-state index is 12.4. The summed E-state index contributed by atoms with van der Waals surface area (Å²) in [4.78, 5) is 14.8. The molecule has 0 bridgehead atoms. The van der Waals surface area contributed by atoms with Gasteiger partial charge < -0.3 is 4.90 Å². The van der Waals surface area contributed by atoms with Crippen molar-refractivity contribution < 1.29 is 0 Å². The number of anilines is 1. The lowest BCUT2D eigenvalue weighted by Gasteiger charge is -2.23. The minimum Gasteiger partial charge on any atom is -0.372 e. The monoisotopic (exact) mass is 346 g/mol. The highest BCUT2D eigenvalue weighted by Gasteiger charge is 2.12. The number of benzene rings is 1. The van der Waals surface area contributed by atoms with Gasteiger partial charge in [0.15, 0.2) is 0 Å². The molecule has 0 saturated carbocycles. The van der Waals surface area contributed by atoms with Gasteiger partial charge in [-0.1, -0.05) is 34.6 Å². The molecule has 0 aliphatic carbocycles. The van der Waals surface area contributed by atoms with E-state index in [0.717, 1.165) is 38.0 Å². The maximum Gasteiger partial charge on any atom is 0.350 e. The number of hydrogen-bond donors (Lipinski definition) is 0. The molecule has 0 aliphatic heterocycles. The molecule has 140 valence electrons. The van der Waals surface area contributed by atoms with E-state index in [1.807, 2.05) is 32.9 Å². The minimum absolute atomic E-state index is 0.0777. The zero-order valence-corrected chi connectivity index (χ0v) is 16.7. The lowest BCUT2D eigenvalue weighted by molar-refractivity contribution is 0.460. The fourth-order valence-corrected chi connectivity index (χ4v) is 2.70. The molecule has 5 nitrogen and oxygen atoms in total. The van der Waals surface area contributed by atoms with E-state index in [0.29, 0.717) is 0 Å².